The van der Waals surface area contributed by atoms with E-state index in [4.69, 9.17) is 14.3 Å². The Balaban J connectivity index is 2.18. The summed E-state index contributed by atoms with van der Waals surface area (Å²) in [6, 6.07) is 5.55. The Bertz CT molecular complexity index is 661. The lowest BCUT2D eigenvalue weighted by Gasteiger charge is -2.07. The molecule has 104 valence electrons. The molecule has 0 spiro atoms. The fourth-order valence-electron chi connectivity index (χ4n) is 1.64. The van der Waals surface area contributed by atoms with E-state index in [2.05, 4.69) is 0 Å². The van der Waals surface area contributed by atoms with Gasteiger partial charge in [-0.3, -0.25) is 10.1 Å². The van der Waals surface area contributed by atoms with Crippen molar-refractivity contribution < 1.29 is 24.0 Å². The molecule has 7 heteroatoms. The van der Waals surface area contributed by atoms with Crippen LogP contribution in [0, 0.1) is 17.0 Å². The molecule has 0 aliphatic carbocycles. The smallest absolute Gasteiger partial charge is 0.339 e. The van der Waals surface area contributed by atoms with Gasteiger partial charge in [-0.2, -0.15) is 0 Å². The molecule has 1 aromatic carbocycles. The number of non-ortho nitro benzene ring substituents is 1. The molecule has 0 amide bonds. The van der Waals surface area contributed by atoms with Gasteiger partial charge in [-0.1, -0.05) is 0 Å². The Kier molecular flexibility index (Phi) is 3.69. The Morgan fingerprint density at radius 2 is 2.20 bits per heavy atom. The number of carbonyl (C=O) groups is 1. The van der Waals surface area contributed by atoms with Crippen LogP contribution in [-0.2, 0) is 6.61 Å². The number of nitrogens with zero attached hydrogens (tertiary/aromatic N) is 1. The van der Waals surface area contributed by atoms with Crippen LogP contribution < -0.4 is 4.74 Å². The standard InChI is InChI=1S/C13H11NO6/c1-8-2-3-9(14(17)18)6-11(8)20-7-12-10(13(15)16)4-5-19-12/h2-6H,7H2,1H3,(H,15,16). The fraction of sp³-hybridized carbons (Fsp3) is 0.154. The molecule has 0 aliphatic heterocycles. The fourth-order valence-corrected chi connectivity index (χ4v) is 1.64. The zero-order valence-electron chi connectivity index (χ0n) is 10.5. The highest BCUT2D eigenvalue weighted by Crippen LogP contribution is 2.25. The average Bonchev–Trinajstić information content (AvgIpc) is 2.86. The molecule has 0 saturated heterocycles. The van der Waals surface area contributed by atoms with Crippen LogP contribution >= 0.6 is 0 Å². The first-order valence-corrected chi connectivity index (χ1v) is 5.66. The van der Waals surface area contributed by atoms with Crippen LogP contribution in [0.3, 0.4) is 0 Å². The number of hydrogen-bond acceptors (Lipinski definition) is 5. The summed E-state index contributed by atoms with van der Waals surface area (Å²) in [4.78, 5) is 21.1. The zero-order chi connectivity index (χ0) is 14.7. The third-order valence-corrected chi connectivity index (χ3v) is 2.72. The van der Waals surface area contributed by atoms with E-state index < -0.39 is 10.9 Å². The number of nitro groups is 1. The van der Waals surface area contributed by atoms with E-state index in [1.807, 2.05) is 0 Å². The summed E-state index contributed by atoms with van der Waals surface area (Å²) in [5.41, 5.74) is 0.621. The van der Waals surface area contributed by atoms with Crippen LogP contribution in [0.4, 0.5) is 5.69 Å². The van der Waals surface area contributed by atoms with Gasteiger partial charge in [-0.15, -0.1) is 0 Å². The molecule has 7 nitrogen and oxygen atoms in total. The molecular formula is C13H11NO6. The molecule has 2 rings (SSSR count). The van der Waals surface area contributed by atoms with Gasteiger partial charge in [0.1, 0.15) is 17.9 Å². The molecule has 20 heavy (non-hydrogen) atoms. The van der Waals surface area contributed by atoms with Gasteiger partial charge in [0.15, 0.2) is 5.76 Å². The lowest BCUT2D eigenvalue weighted by molar-refractivity contribution is -0.385. The lowest BCUT2D eigenvalue weighted by atomic mass is 10.2. The van der Waals surface area contributed by atoms with E-state index >= 15 is 0 Å². The molecule has 1 heterocycles. The number of hydrogen-bond donors (Lipinski definition) is 1. The minimum absolute atomic E-state index is 0.00749. The van der Waals surface area contributed by atoms with E-state index in [-0.39, 0.29) is 23.6 Å². The first kappa shape index (κ1) is 13.6. The highest BCUT2D eigenvalue weighted by atomic mass is 16.6. The van der Waals surface area contributed by atoms with E-state index in [1.54, 1.807) is 13.0 Å². The lowest BCUT2D eigenvalue weighted by Crippen LogP contribution is -2.03. The second-order valence-corrected chi connectivity index (χ2v) is 4.06. The van der Waals surface area contributed by atoms with Gasteiger partial charge in [0.05, 0.1) is 17.3 Å². The van der Waals surface area contributed by atoms with Crippen LogP contribution in [0.15, 0.2) is 34.9 Å². The summed E-state index contributed by atoms with van der Waals surface area (Å²) in [5.74, 6) is -0.650. The number of nitro benzene ring substituents is 1. The second kappa shape index (κ2) is 5.43. The van der Waals surface area contributed by atoms with Crippen molar-refractivity contribution in [2.75, 3.05) is 0 Å². The summed E-state index contributed by atoms with van der Waals surface area (Å²) in [6.45, 7) is 1.62. The number of aryl methyl sites for hydroxylation is 1. The minimum Gasteiger partial charge on any atom is -0.485 e. The van der Waals surface area contributed by atoms with Crippen molar-refractivity contribution in [3.63, 3.8) is 0 Å². The Hall–Kier alpha value is -2.83. The predicted octanol–water partition coefficient (Wildman–Crippen LogP) is 2.77. The van der Waals surface area contributed by atoms with E-state index in [1.165, 1.54) is 24.5 Å². The molecule has 2 aromatic rings. The van der Waals surface area contributed by atoms with Gasteiger partial charge in [-0.25, -0.2) is 4.79 Å². The molecule has 0 saturated carbocycles. The van der Waals surface area contributed by atoms with Crippen LogP contribution in [-0.4, -0.2) is 16.0 Å². The minimum atomic E-state index is -1.12. The van der Waals surface area contributed by atoms with Crippen molar-refractivity contribution in [2.45, 2.75) is 13.5 Å². The Labute approximate surface area is 113 Å². The SMILES string of the molecule is Cc1ccc([N+](=O)[O-])cc1OCc1occc1C(=O)O. The number of furan rings is 1. The van der Waals surface area contributed by atoms with Gasteiger partial charge in [-0.05, 0) is 24.6 Å². The molecule has 1 N–H and O–H groups in total. The van der Waals surface area contributed by atoms with Crippen molar-refractivity contribution >= 4 is 11.7 Å². The average molecular weight is 277 g/mol. The molecule has 0 atom stereocenters. The number of ether oxygens (including phenoxy) is 1. The maximum atomic E-state index is 10.9. The summed E-state index contributed by atoms with van der Waals surface area (Å²) in [7, 11) is 0. The van der Waals surface area contributed by atoms with Crippen molar-refractivity contribution in [3.8, 4) is 5.75 Å². The molecule has 0 aliphatic rings. The van der Waals surface area contributed by atoms with Crippen molar-refractivity contribution in [1.82, 2.24) is 0 Å². The Morgan fingerprint density at radius 1 is 1.45 bits per heavy atom. The van der Waals surface area contributed by atoms with Crippen LogP contribution in [0.1, 0.15) is 21.7 Å². The van der Waals surface area contributed by atoms with Crippen molar-refractivity contribution in [3.05, 3.63) is 57.5 Å². The van der Waals surface area contributed by atoms with Gasteiger partial charge >= 0.3 is 5.97 Å². The summed E-state index contributed by atoms with van der Waals surface area (Å²) in [6.07, 6.45) is 1.25. The maximum absolute atomic E-state index is 10.9. The Morgan fingerprint density at radius 3 is 2.85 bits per heavy atom. The third-order valence-electron chi connectivity index (χ3n) is 2.72. The van der Waals surface area contributed by atoms with Crippen molar-refractivity contribution in [1.29, 1.82) is 0 Å². The maximum Gasteiger partial charge on any atom is 0.339 e. The quantitative estimate of drug-likeness (QED) is 0.665. The van der Waals surface area contributed by atoms with E-state index in [9.17, 15) is 14.9 Å². The van der Waals surface area contributed by atoms with E-state index in [0.29, 0.717) is 11.3 Å². The topological polar surface area (TPSA) is 103 Å². The van der Waals surface area contributed by atoms with Crippen LogP contribution in [0.2, 0.25) is 0 Å². The molecule has 0 bridgehead atoms. The first-order chi connectivity index (χ1) is 9.49. The van der Waals surface area contributed by atoms with Crippen molar-refractivity contribution in [2.24, 2.45) is 0 Å². The van der Waals surface area contributed by atoms with Gasteiger partial charge < -0.3 is 14.3 Å². The summed E-state index contributed by atoms with van der Waals surface area (Å²) >= 11 is 0. The van der Waals surface area contributed by atoms with Gasteiger partial charge in [0, 0.05) is 6.07 Å². The molecule has 0 radical (unpaired) electrons. The molecule has 1 aromatic heterocycles. The number of aromatic carboxylic acids is 1. The molecule has 0 unspecified atom stereocenters. The summed E-state index contributed by atoms with van der Waals surface area (Å²) < 4.78 is 10.4. The molecule has 0 fully saturated rings. The highest BCUT2D eigenvalue weighted by molar-refractivity contribution is 5.88. The van der Waals surface area contributed by atoms with Crippen LogP contribution in [0.5, 0.6) is 5.75 Å². The zero-order valence-corrected chi connectivity index (χ0v) is 10.5. The number of benzene rings is 1. The number of carboxylic acid groups (broad SMARTS) is 1. The van der Waals surface area contributed by atoms with E-state index in [0.717, 1.165) is 0 Å². The molecular weight excluding hydrogens is 266 g/mol. The normalized spacial score (nSPS) is 10.2. The third kappa shape index (κ3) is 2.77. The summed E-state index contributed by atoms with van der Waals surface area (Å²) in [5, 5.41) is 19.6. The first-order valence-electron chi connectivity index (χ1n) is 5.66. The number of rotatable bonds is 5. The largest absolute Gasteiger partial charge is 0.485 e. The van der Waals surface area contributed by atoms with Crippen LogP contribution in [0.25, 0.3) is 0 Å². The number of carboxylic acids is 1. The van der Waals surface area contributed by atoms with Gasteiger partial charge in [0.2, 0.25) is 0 Å². The van der Waals surface area contributed by atoms with Gasteiger partial charge in [0.25, 0.3) is 5.69 Å². The monoisotopic (exact) mass is 277 g/mol. The predicted molar refractivity (Wildman–Crippen MR) is 67.8 cm³/mol. The second-order valence-electron chi connectivity index (χ2n) is 4.06. The highest BCUT2D eigenvalue weighted by Gasteiger charge is 2.15.